The Morgan fingerprint density at radius 2 is 2.30 bits per heavy atom. The van der Waals surface area contributed by atoms with Gasteiger partial charge in [-0.05, 0) is 24.1 Å². The molecule has 1 aromatic rings. The molecule has 20 heavy (non-hydrogen) atoms. The Hall–Kier alpha value is -1.17. The van der Waals surface area contributed by atoms with Crippen LogP contribution in [0.4, 0.5) is 4.39 Å². The van der Waals surface area contributed by atoms with Crippen LogP contribution in [0.1, 0.15) is 24.4 Å². The molecule has 0 spiro atoms. The van der Waals surface area contributed by atoms with Gasteiger partial charge < -0.3 is 15.4 Å². The number of rotatable bonds is 4. The van der Waals surface area contributed by atoms with Crippen molar-refractivity contribution in [1.29, 1.82) is 0 Å². The minimum atomic E-state index is -0.405. The molecule has 1 amide bonds. The number of benzene rings is 1. The number of likely N-dealkylation sites (tertiary alicyclic amines) is 1. The zero-order valence-corrected chi connectivity index (χ0v) is 12.1. The minimum Gasteiger partial charge on any atom is -0.383 e. The fourth-order valence-electron chi connectivity index (χ4n) is 2.57. The lowest BCUT2D eigenvalue weighted by molar-refractivity contribution is -0.138. The number of halogens is 2. The highest BCUT2D eigenvalue weighted by molar-refractivity contribution is 6.31. The topological polar surface area (TPSA) is 55.6 Å². The van der Waals surface area contributed by atoms with E-state index in [0.717, 1.165) is 0 Å². The summed E-state index contributed by atoms with van der Waals surface area (Å²) in [5.41, 5.74) is 6.84. The lowest BCUT2D eigenvalue weighted by Gasteiger charge is -2.40. The monoisotopic (exact) mass is 300 g/mol. The van der Waals surface area contributed by atoms with Crippen LogP contribution in [0.3, 0.4) is 0 Å². The van der Waals surface area contributed by atoms with Gasteiger partial charge in [0.25, 0.3) is 0 Å². The molecule has 1 aliphatic heterocycles. The van der Waals surface area contributed by atoms with Crippen LogP contribution in [0, 0.1) is 5.82 Å². The average Bonchev–Trinajstić information content (AvgIpc) is 2.41. The van der Waals surface area contributed by atoms with Crippen molar-refractivity contribution in [3.8, 4) is 0 Å². The molecule has 110 valence electrons. The molecule has 0 radical (unpaired) electrons. The van der Waals surface area contributed by atoms with E-state index in [1.807, 2.05) is 0 Å². The molecule has 1 aliphatic rings. The van der Waals surface area contributed by atoms with Crippen molar-refractivity contribution in [3.05, 3.63) is 34.6 Å². The van der Waals surface area contributed by atoms with Crippen LogP contribution in [0.2, 0.25) is 5.02 Å². The maximum Gasteiger partial charge on any atom is 0.223 e. The number of amides is 1. The molecule has 2 rings (SSSR count). The summed E-state index contributed by atoms with van der Waals surface area (Å²) in [5.74, 6) is -0.382. The van der Waals surface area contributed by atoms with Crippen molar-refractivity contribution < 1.29 is 13.9 Å². The number of piperidine rings is 1. The standard InChI is InChI=1S/C14H18ClFN2O2/c1-20-7-6-18-13(19)5-4-12(17)14(18)10-3-2-9(16)8-11(10)15/h2-3,8,12,14H,4-7,17H2,1H3. The molecule has 2 atom stereocenters. The van der Waals surface area contributed by atoms with E-state index in [4.69, 9.17) is 22.1 Å². The highest BCUT2D eigenvalue weighted by Crippen LogP contribution is 2.34. The Bertz CT molecular complexity index is 498. The first-order chi connectivity index (χ1) is 9.54. The van der Waals surface area contributed by atoms with Gasteiger partial charge in [-0.15, -0.1) is 0 Å². The Morgan fingerprint density at radius 1 is 1.55 bits per heavy atom. The molecule has 1 heterocycles. The molecule has 0 aromatic heterocycles. The second-order valence-electron chi connectivity index (χ2n) is 4.89. The third-order valence-corrected chi connectivity index (χ3v) is 3.90. The lowest BCUT2D eigenvalue weighted by atomic mass is 9.90. The maximum atomic E-state index is 13.2. The van der Waals surface area contributed by atoms with E-state index in [-0.39, 0.29) is 18.0 Å². The number of hydrogen-bond acceptors (Lipinski definition) is 3. The summed E-state index contributed by atoms with van der Waals surface area (Å²) in [6, 6.07) is 3.63. The Morgan fingerprint density at radius 3 is 2.95 bits per heavy atom. The molecular formula is C14H18ClFN2O2. The molecule has 2 N–H and O–H groups in total. The first-order valence-electron chi connectivity index (χ1n) is 6.53. The van der Waals surface area contributed by atoms with Crippen LogP contribution in [-0.2, 0) is 9.53 Å². The smallest absolute Gasteiger partial charge is 0.223 e. The first-order valence-corrected chi connectivity index (χ1v) is 6.91. The summed E-state index contributed by atoms with van der Waals surface area (Å²) >= 11 is 6.11. The van der Waals surface area contributed by atoms with Gasteiger partial charge >= 0.3 is 0 Å². The van der Waals surface area contributed by atoms with Crippen LogP contribution < -0.4 is 5.73 Å². The van der Waals surface area contributed by atoms with Crippen molar-refractivity contribution in [2.75, 3.05) is 20.3 Å². The van der Waals surface area contributed by atoms with Crippen molar-refractivity contribution in [2.45, 2.75) is 24.9 Å². The normalized spacial score (nSPS) is 23.2. The van der Waals surface area contributed by atoms with Crippen LogP contribution in [0.5, 0.6) is 0 Å². The summed E-state index contributed by atoms with van der Waals surface area (Å²) in [7, 11) is 1.58. The highest BCUT2D eigenvalue weighted by Gasteiger charge is 2.35. The molecular weight excluding hydrogens is 283 g/mol. The molecule has 0 saturated carbocycles. The first kappa shape index (κ1) is 15.2. The molecule has 1 fully saturated rings. The Balaban J connectivity index is 2.34. The quantitative estimate of drug-likeness (QED) is 0.926. The van der Waals surface area contributed by atoms with Gasteiger partial charge in [-0.2, -0.15) is 0 Å². The van der Waals surface area contributed by atoms with Gasteiger partial charge in [0.2, 0.25) is 5.91 Å². The number of ether oxygens (including phenoxy) is 1. The summed E-state index contributed by atoms with van der Waals surface area (Å²) in [6.07, 6.45) is 1.01. The second kappa shape index (κ2) is 6.52. The third-order valence-electron chi connectivity index (χ3n) is 3.57. The van der Waals surface area contributed by atoms with Crippen molar-refractivity contribution in [2.24, 2.45) is 5.73 Å². The number of carbonyl (C=O) groups is 1. The fraction of sp³-hybridized carbons (Fsp3) is 0.500. The summed E-state index contributed by atoms with van der Waals surface area (Å²) in [4.78, 5) is 13.8. The van der Waals surface area contributed by atoms with Gasteiger partial charge in [0, 0.05) is 31.1 Å². The van der Waals surface area contributed by atoms with Crippen molar-refractivity contribution in [3.63, 3.8) is 0 Å². The zero-order valence-electron chi connectivity index (χ0n) is 11.3. The summed E-state index contributed by atoms with van der Waals surface area (Å²) in [5, 5.41) is 0.294. The van der Waals surface area contributed by atoms with Crippen LogP contribution in [0.15, 0.2) is 18.2 Å². The minimum absolute atomic E-state index is 0.0224. The fourth-order valence-corrected chi connectivity index (χ4v) is 2.85. The van der Waals surface area contributed by atoms with Crippen molar-refractivity contribution >= 4 is 17.5 Å². The van der Waals surface area contributed by atoms with E-state index in [0.29, 0.717) is 36.6 Å². The van der Waals surface area contributed by atoms with Gasteiger partial charge in [-0.25, -0.2) is 4.39 Å². The van der Waals surface area contributed by atoms with E-state index in [1.54, 1.807) is 18.1 Å². The van der Waals surface area contributed by atoms with E-state index in [2.05, 4.69) is 0 Å². The van der Waals surface area contributed by atoms with Gasteiger partial charge in [0.15, 0.2) is 0 Å². The van der Waals surface area contributed by atoms with Gasteiger partial charge in [0.05, 0.1) is 12.6 Å². The van der Waals surface area contributed by atoms with E-state index in [9.17, 15) is 9.18 Å². The van der Waals surface area contributed by atoms with Gasteiger partial charge in [-0.3, -0.25) is 4.79 Å². The van der Waals surface area contributed by atoms with E-state index >= 15 is 0 Å². The van der Waals surface area contributed by atoms with E-state index < -0.39 is 5.82 Å². The molecule has 1 aromatic carbocycles. The Labute approximate surface area is 122 Å². The van der Waals surface area contributed by atoms with Gasteiger partial charge in [-0.1, -0.05) is 17.7 Å². The number of nitrogens with zero attached hydrogens (tertiary/aromatic N) is 1. The largest absolute Gasteiger partial charge is 0.383 e. The van der Waals surface area contributed by atoms with Crippen LogP contribution in [0.25, 0.3) is 0 Å². The van der Waals surface area contributed by atoms with Crippen LogP contribution in [-0.4, -0.2) is 37.1 Å². The van der Waals surface area contributed by atoms with E-state index in [1.165, 1.54) is 12.1 Å². The predicted octanol–water partition coefficient (Wildman–Crippen LogP) is 2.12. The molecule has 1 saturated heterocycles. The molecule has 0 bridgehead atoms. The second-order valence-corrected chi connectivity index (χ2v) is 5.30. The summed E-state index contributed by atoms with van der Waals surface area (Å²) < 4.78 is 18.2. The number of nitrogens with two attached hydrogens (primary N) is 1. The van der Waals surface area contributed by atoms with Crippen molar-refractivity contribution in [1.82, 2.24) is 4.90 Å². The SMILES string of the molecule is COCCN1C(=O)CCC(N)C1c1ccc(F)cc1Cl. The maximum absolute atomic E-state index is 13.2. The number of hydrogen-bond donors (Lipinski definition) is 1. The number of methoxy groups -OCH3 is 1. The summed E-state index contributed by atoms with van der Waals surface area (Å²) in [6.45, 7) is 0.870. The molecule has 2 unspecified atom stereocenters. The molecule has 0 aliphatic carbocycles. The number of carbonyl (C=O) groups excluding carboxylic acids is 1. The van der Waals surface area contributed by atoms with Gasteiger partial charge in [0.1, 0.15) is 5.82 Å². The third kappa shape index (κ3) is 3.11. The lowest BCUT2D eigenvalue weighted by Crippen LogP contribution is -2.49. The van der Waals surface area contributed by atoms with Crippen LogP contribution >= 0.6 is 11.6 Å². The highest BCUT2D eigenvalue weighted by atomic mass is 35.5. The predicted molar refractivity (Wildman–Crippen MR) is 74.9 cm³/mol. The Kier molecular flexibility index (Phi) is 4.96. The average molecular weight is 301 g/mol. The zero-order chi connectivity index (χ0) is 14.7. The molecule has 6 heteroatoms. The molecule has 4 nitrogen and oxygen atoms in total.